The highest BCUT2D eigenvalue weighted by atomic mass is 32.1. The van der Waals surface area contributed by atoms with E-state index in [0.717, 1.165) is 0 Å². The monoisotopic (exact) mass is 155 g/mol. The smallest absolute Gasteiger partial charge is 0.0896 e. The number of aromatic nitrogens is 1. The van der Waals surface area contributed by atoms with Gasteiger partial charge in [-0.05, 0) is 19.8 Å². The first kappa shape index (κ1) is 7.73. The summed E-state index contributed by atoms with van der Waals surface area (Å²) in [5, 5.41) is 1.19. The van der Waals surface area contributed by atoms with E-state index in [1.165, 1.54) is 29.1 Å². The Morgan fingerprint density at radius 3 is 2.90 bits per heavy atom. The van der Waals surface area contributed by atoms with Crippen molar-refractivity contribution >= 4 is 11.3 Å². The highest BCUT2D eigenvalue weighted by molar-refractivity contribution is 7.11. The van der Waals surface area contributed by atoms with Gasteiger partial charge in [-0.1, -0.05) is 13.3 Å². The van der Waals surface area contributed by atoms with Crippen molar-refractivity contribution in [3.05, 3.63) is 16.1 Å². The van der Waals surface area contributed by atoms with Crippen molar-refractivity contribution < 1.29 is 0 Å². The number of rotatable bonds is 3. The Hall–Kier alpha value is -0.370. The zero-order valence-corrected chi connectivity index (χ0v) is 7.37. The third-order valence-electron chi connectivity index (χ3n) is 1.45. The van der Waals surface area contributed by atoms with Crippen LogP contribution in [0.5, 0.6) is 0 Å². The Labute approximate surface area is 66.1 Å². The molecule has 1 heterocycles. The van der Waals surface area contributed by atoms with Gasteiger partial charge < -0.3 is 0 Å². The van der Waals surface area contributed by atoms with Crippen LogP contribution in [0.25, 0.3) is 0 Å². The highest BCUT2D eigenvalue weighted by Gasteiger charge is 1.95. The molecule has 56 valence electrons. The van der Waals surface area contributed by atoms with Crippen LogP contribution in [0.4, 0.5) is 0 Å². The maximum atomic E-state index is 4.19. The first-order chi connectivity index (χ1) is 4.83. The minimum absolute atomic E-state index is 1.19. The summed E-state index contributed by atoms with van der Waals surface area (Å²) in [6, 6.07) is 0. The largest absolute Gasteiger partial charge is 0.250 e. The topological polar surface area (TPSA) is 12.9 Å². The molecule has 0 spiro atoms. The van der Waals surface area contributed by atoms with Crippen molar-refractivity contribution in [3.63, 3.8) is 0 Å². The van der Waals surface area contributed by atoms with E-state index in [1.807, 2.05) is 17.5 Å². The predicted octanol–water partition coefficient (Wildman–Crippen LogP) is 2.79. The van der Waals surface area contributed by atoms with Gasteiger partial charge in [0, 0.05) is 11.1 Å². The molecule has 0 aromatic carbocycles. The lowest BCUT2D eigenvalue weighted by Crippen LogP contribution is -1.76. The van der Waals surface area contributed by atoms with Crippen LogP contribution in [-0.2, 0) is 6.42 Å². The minimum Gasteiger partial charge on any atom is -0.250 e. The summed E-state index contributed by atoms with van der Waals surface area (Å²) < 4.78 is 0. The average molecular weight is 155 g/mol. The molecule has 0 saturated heterocycles. The fourth-order valence-corrected chi connectivity index (χ4v) is 1.71. The first-order valence-electron chi connectivity index (χ1n) is 3.74. The lowest BCUT2D eigenvalue weighted by molar-refractivity contribution is 0.803. The van der Waals surface area contributed by atoms with E-state index in [1.54, 1.807) is 0 Å². The average Bonchev–Trinajstić information content (AvgIpc) is 2.31. The van der Waals surface area contributed by atoms with Crippen LogP contribution >= 0.6 is 11.3 Å². The molecule has 1 rings (SSSR count). The summed E-state index contributed by atoms with van der Waals surface area (Å²) in [6.07, 6.45) is 5.77. The van der Waals surface area contributed by atoms with Crippen LogP contribution in [0, 0.1) is 6.92 Å². The second kappa shape index (κ2) is 3.71. The predicted molar refractivity (Wildman–Crippen MR) is 45.5 cm³/mol. The molecule has 0 atom stereocenters. The molecule has 0 aliphatic heterocycles. The maximum absolute atomic E-state index is 4.19. The highest BCUT2D eigenvalue weighted by Crippen LogP contribution is 2.13. The summed E-state index contributed by atoms with van der Waals surface area (Å²) in [7, 11) is 0. The third-order valence-corrected chi connectivity index (χ3v) is 2.42. The molecule has 1 aromatic rings. The number of aryl methyl sites for hydroxylation is 2. The van der Waals surface area contributed by atoms with E-state index in [2.05, 4.69) is 18.8 Å². The van der Waals surface area contributed by atoms with Crippen LogP contribution in [0.15, 0.2) is 6.20 Å². The third kappa shape index (κ3) is 2.10. The molecule has 0 aliphatic carbocycles. The maximum Gasteiger partial charge on any atom is 0.0896 e. The quantitative estimate of drug-likeness (QED) is 0.654. The van der Waals surface area contributed by atoms with Gasteiger partial charge >= 0.3 is 0 Å². The van der Waals surface area contributed by atoms with Crippen molar-refractivity contribution in [3.8, 4) is 0 Å². The molecule has 1 aromatic heterocycles. The molecule has 0 amide bonds. The van der Waals surface area contributed by atoms with Crippen molar-refractivity contribution in [2.75, 3.05) is 0 Å². The number of hydrogen-bond acceptors (Lipinski definition) is 2. The van der Waals surface area contributed by atoms with Gasteiger partial charge in [0.1, 0.15) is 0 Å². The number of hydrogen-bond donors (Lipinski definition) is 0. The van der Waals surface area contributed by atoms with Crippen molar-refractivity contribution in [1.82, 2.24) is 4.98 Å². The zero-order valence-electron chi connectivity index (χ0n) is 6.55. The molecule has 0 radical (unpaired) electrons. The normalized spacial score (nSPS) is 10.2. The zero-order chi connectivity index (χ0) is 7.40. The molecular weight excluding hydrogens is 142 g/mol. The van der Waals surface area contributed by atoms with E-state index >= 15 is 0 Å². The fraction of sp³-hybridized carbons (Fsp3) is 0.625. The van der Waals surface area contributed by atoms with E-state index in [0.29, 0.717) is 0 Å². The van der Waals surface area contributed by atoms with Gasteiger partial charge in [0.2, 0.25) is 0 Å². The number of nitrogens with zero attached hydrogens (tertiary/aromatic N) is 1. The fourth-order valence-electron chi connectivity index (χ4n) is 0.872. The summed E-state index contributed by atoms with van der Waals surface area (Å²) in [4.78, 5) is 5.62. The van der Waals surface area contributed by atoms with Crippen LogP contribution in [0.2, 0.25) is 0 Å². The Kier molecular flexibility index (Phi) is 2.87. The lowest BCUT2D eigenvalue weighted by atomic mass is 10.2. The second-order valence-corrected chi connectivity index (χ2v) is 3.77. The van der Waals surface area contributed by atoms with Crippen LogP contribution in [-0.4, -0.2) is 4.98 Å². The number of unbranched alkanes of at least 4 members (excludes halogenated alkanes) is 1. The molecule has 0 saturated carbocycles. The molecule has 2 heteroatoms. The van der Waals surface area contributed by atoms with Gasteiger partial charge in [0.25, 0.3) is 0 Å². The standard InChI is InChI=1S/C8H13NS/c1-3-4-5-8-6-9-7(2)10-8/h6H,3-5H2,1-2H3. The summed E-state index contributed by atoms with van der Waals surface area (Å²) in [5.41, 5.74) is 0. The van der Waals surface area contributed by atoms with Gasteiger partial charge in [0.05, 0.1) is 5.01 Å². The van der Waals surface area contributed by atoms with Crippen molar-refractivity contribution in [1.29, 1.82) is 0 Å². The minimum atomic E-state index is 1.19. The van der Waals surface area contributed by atoms with Crippen molar-refractivity contribution in [2.45, 2.75) is 33.1 Å². The van der Waals surface area contributed by atoms with E-state index in [-0.39, 0.29) is 0 Å². The van der Waals surface area contributed by atoms with E-state index in [4.69, 9.17) is 0 Å². The van der Waals surface area contributed by atoms with Crippen LogP contribution in [0.3, 0.4) is 0 Å². The van der Waals surface area contributed by atoms with E-state index in [9.17, 15) is 0 Å². The van der Waals surface area contributed by atoms with Gasteiger partial charge in [-0.25, -0.2) is 4.98 Å². The van der Waals surface area contributed by atoms with Gasteiger partial charge in [-0.2, -0.15) is 0 Å². The van der Waals surface area contributed by atoms with Crippen molar-refractivity contribution in [2.24, 2.45) is 0 Å². The second-order valence-electron chi connectivity index (χ2n) is 2.45. The van der Waals surface area contributed by atoms with Crippen LogP contribution < -0.4 is 0 Å². The molecule has 0 aliphatic rings. The SMILES string of the molecule is CCCCc1cnc(C)s1. The molecule has 0 bridgehead atoms. The summed E-state index contributed by atoms with van der Waals surface area (Å²) in [5.74, 6) is 0. The molecule has 0 unspecified atom stereocenters. The van der Waals surface area contributed by atoms with Gasteiger partial charge in [-0.3, -0.25) is 0 Å². The molecule has 0 N–H and O–H groups in total. The molecule has 10 heavy (non-hydrogen) atoms. The first-order valence-corrected chi connectivity index (χ1v) is 4.56. The summed E-state index contributed by atoms with van der Waals surface area (Å²) in [6.45, 7) is 4.27. The Morgan fingerprint density at radius 1 is 1.60 bits per heavy atom. The Balaban J connectivity index is 2.42. The molecule has 1 nitrogen and oxygen atoms in total. The molecular formula is C8H13NS. The lowest BCUT2D eigenvalue weighted by Gasteiger charge is -1.89. The summed E-state index contributed by atoms with van der Waals surface area (Å²) >= 11 is 1.82. The van der Waals surface area contributed by atoms with Gasteiger partial charge in [-0.15, -0.1) is 11.3 Å². The number of thiazole rings is 1. The van der Waals surface area contributed by atoms with E-state index < -0.39 is 0 Å². The Bertz CT molecular complexity index is 193. The van der Waals surface area contributed by atoms with Gasteiger partial charge in [0.15, 0.2) is 0 Å². The Morgan fingerprint density at radius 2 is 2.40 bits per heavy atom. The van der Waals surface area contributed by atoms with Crippen LogP contribution in [0.1, 0.15) is 29.7 Å². The molecule has 0 fully saturated rings.